The second-order valence-corrected chi connectivity index (χ2v) is 23.1. The molecule has 0 unspecified atom stereocenters. The van der Waals surface area contributed by atoms with Crippen LogP contribution in [0.3, 0.4) is 0 Å². The minimum Gasteiger partial charge on any atom is -0.346 e. The number of fused-ring (bicyclic) bond motifs is 4. The molecule has 1 amide bonds. The molecule has 4 aliphatic carbocycles. The Kier molecular flexibility index (Phi) is 10.3. The van der Waals surface area contributed by atoms with Gasteiger partial charge in [-0.1, -0.05) is 23.6 Å². The Balaban J connectivity index is 1.19. The zero-order chi connectivity index (χ0) is 46.1. The van der Waals surface area contributed by atoms with Crippen molar-refractivity contribution in [2.75, 3.05) is 4.72 Å². The summed E-state index contributed by atoms with van der Waals surface area (Å²) in [6.45, 7) is 3.58. The number of rotatable bonds is 13. The Morgan fingerprint density at radius 1 is 1.00 bits per heavy atom. The van der Waals surface area contributed by atoms with Crippen LogP contribution < -0.4 is 10.0 Å². The van der Waals surface area contributed by atoms with Gasteiger partial charge in [-0.3, -0.25) is 18.9 Å². The summed E-state index contributed by atoms with van der Waals surface area (Å²) < 4.78 is 144. The van der Waals surface area contributed by atoms with E-state index in [2.05, 4.69) is 32.1 Å². The molecule has 2 aromatic carbocycles. The van der Waals surface area contributed by atoms with Crippen molar-refractivity contribution in [3.8, 4) is 23.0 Å². The summed E-state index contributed by atoms with van der Waals surface area (Å²) in [7, 11) is -6.07. The van der Waals surface area contributed by atoms with E-state index in [0.29, 0.717) is 47.5 Å². The van der Waals surface area contributed by atoms with Gasteiger partial charge in [-0.05, 0) is 107 Å². The first-order valence-corrected chi connectivity index (χ1v) is 23.8. The van der Waals surface area contributed by atoms with Crippen LogP contribution in [0.4, 0.5) is 32.2 Å². The predicted molar refractivity (Wildman–Crippen MR) is 225 cm³/mol. The highest BCUT2D eigenvalue weighted by Gasteiger charge is 2.67. The molecule has 3 aromatic heterocycles. The van der Waals surface area contributed by atoms with Crippen LogP contribution >= 0.6 is 11.6 Å². The quantitative estimate of drug-likeness (QED) is 0.0888. The Labute approximate surface area is 369 Å². The fraction of sp³-hybridized carbons (Fsp3) is 0.442. The van der Waals surface area contributed by atoms with E-state index in [1.54, 1.807) is 26.1 Å². The lowest BCUT2D eigenvalue weighted by Crippen LogP contribution is -2.35. The van der Waals surface area contributed by atoms with E-state index in [0.717, 1.165) is 12.1 Å². The van der Waals surface area contributed by atoms with Crippen LogP contribution in [-0.2, 0) is 50.6 Å². The van der Waals surface area contributed by atoms with Crippen LogP contribution in [0, 0.1) is 29.4 Å². The molecule has 3 saturated carbocycles. The Bertz CT molecular complexity index is 3080. The lowest BCUT2D eigenvalue weighted by molar-refractivity contribution is -0.123. The third-order valence-corrected chi connectivity index (χ3v) is 18.0. The second-order valence-electron chi connectivity index (χ2n) is 17.8. The minimum atomic E-state index is -3.93. The van der Waals surface area contributed by atoms with Gasteiger partial charge in [0.15, 0.2) is 15.7 Å². The van der Waals surface area contributed by atoms with E-state index in [1.807, 2.05) is 0 Å². The Morgan fingerprint density at radius 2 is 1.67 bits per heavy atom. The second kappa shape index (κ2) is 15.0. The van der Waals surface area contributed by atoms with Crippen molar-refractivity contribution >= 4 is 54.1 Å². The molecule has 2 N–H and O–H groups in total. The van der Waals surface area contributed by atoms with Crippen molar-refractivity contribution in [1.29, 1.82) is 0 Å². The van der Waals surface area contributed by atoms with Crippen LogP contribution in [0.1, 0.15) is 105 Å². The lowest BCUT2D eigenvalue weighted by Gasteiger charge is -2.23. The average molecular weight is 948 g/mol. The average Bonchev–Trinajstić information content (AvgIpc) is 4.13. The molecule has 0 spiro atoms. The van der Waals surface area contributed by atoms with Crippen molar-refractivity contribution in [2.45, 2.75) is 105 Å². The molecule has 64 heavy (non-hydrogen) atoms. The van der Waals surface area contributed by atoms with Gasteiger partial charge < -0.3 is 5.32 Å². The number of amides is 1. The van der Waals surface area contributed by atoms with Crippen LogP contribution in [-0.4, -0.2) is 62.0 Å². The normalized spacial score (nSPS) is 20.1. The summed E-state index contributed by atoms with van der Waals surface area (Å²) in [6, 6.07) is 7.38. The van der Waals surface area contributed by atoms with Gasteiger partial charge in [0, 0.05) is 35.7 Å². The number of aryl methyl sites for hydroxylation is 1. The van der Waals surface area contributed by atoms with E-state index < -0.39 is 100 Å². The molecule has 9 rings (SSSR count). The highest BCUT2D eigenvalue weighted by Crippen LogP contribution is 2.68. The van der Waals surface area contributed by atoms with E-state index in [1.165, 1.54) is 30.7 Å². The number of benzene rings is 2. The third-order valence-electron chi connectivity index (χ3n) is 12.6. The fourth-order valence-corrected chi connectivity index (χ4v) is 11.9. The number of aromatic nitrogens is 5. The van der Waals surface area contributed by atoms with Gasteiger partial charge in [0.25, 0.3) is 12.3 Å². The number of pyridine rings is 1. The number of carbonyl (C=O) groups excluding carboxylic acids is 1. The SMILES string of the molecule is Cn1nc(NS(=O)(=O)C2(C)CC2)c2c(Cl)ccc(-c3ccc(C#CC(C)(C)S(=O)(=O)C4CC4)nc3[C@H](Cc3cc(F)cc(F)c3)NC(=O)Cn3nc(C(F)F)c4c3C(F)(F)[C@@H]3C[C@H]43)c21. The molecule has 21 heteroatoms. The number of sulfonamides is 1. The molecular weight excluding hydrogens is 908 g/mol. The smallest absolute Gasteiger partial charge is 0.293 e. The molecule has 3 fully saturated rings. The van der Waals surface area contributed by atoms with Gasteiger partial charge in [0.1, 0.15) is 40.0 Å². The standard InChI is InChI=1S/C43H40ClF6N7O5S2/c1-41(2,63(59,60)25-6-7-25)12-11-24-5-8-26(27-9-10-30(44)34-37(27)56(4)54-40(34)55-64(61,62)42(3)13-14-42)35(51-24)31(17-21-15-22(45)18-23(46)16-21)52-32(58)20-57-38-33(36(53-57)39(47)48)28-19-29(28)43(38,49)50/h5,8-10,15-16,18,25,28-29,31,39H,6-7,13-14,17,19-20H2,1-4H3,(H,52,58)(H,54,55)/t28-,29+,31-/m0/s1. The van der Waals surface area contributed by atoms with Crippen LogP contribution in [0.2, 0.25) is 5.02 Å². The van der Waals surface area contributed by atoms with Gasteiger partial charge in [-0.25, -0.2) is 39.4 Å². The summed E-state index contributed by atoms with van der Waals surface area (Å²) in [4.78, 5) is 18.9. The van der Waals surface area contributed by atoms with Crippen molar-refractivity contribution < 1.29 is 48.0 Å². The number of carbonyl (C=O) groups is 1. The number of nitrogens with one attached hydrogen (secondary N) is 2. The van der Waals surface area contributed by atoms with Gasteiger partial charge >= 0.3 is 0 Å². The van der Waals surface area contributed by atoms with Crippen LogP contribution in [0.25, 0.3) is 22.0 Å². The maximum absolute atomic E-state index is 15.5. The Hall–Kier alpha value is -5.13. The monoisotopic (exact) mass is 947 g/mol. The number of nitrogens with zero attached hydrogens (tertiary/aromatic N) is 5. The molecule has 0 saturated heterocycles. The van der Waals surface area contributed by atoms with E-state index >= 15 is 8.78 Å². The zero-order valence-electron chi connectivity index (χ0n) is 34.6. The molecule has 0 radical (unpaired) electrons. The number of alkyl halides is 4. The molecule has 0 aliphatic heterocycles. The zero-order valence-corrected chi connectivity index (χ0v) is 37.0. The topological polar surface area (TPSA) is 158 Å². The highest BCUT2D eigenvalue weighted by atomic mass is 35.5. The molecule has 12 nitrogen and oxygen atoms in total. The number of anilines is 1. The Morgan fingerprint density at radius 3 is 2.31 bits per heavy atom. The molecule has 338 valence electrons. The molecule has 5 aromatic rings. The van der Waals surface area contributed by atoms with Gasteiger partial charge in [0.2, 0.25) is 15.9 Å². The lowest BCUT2D eigenvalue weighted by atomic mass is 9.93. The van der Waals surface area contributed by atoms with Gasteiger partial charge in [-0.15, -0.1) is 0 Å². The molecular formula is C43H40ClF6N7O5S2. The number of sulfone groups is 1. The largest absolute Gasteiger partial charge is 0.346 e. The van der Waals surface area contributed by atoms with Crippen molar-refractivity contribution in [1.82, 2.24) is 29.9 Å². The van der Waals surface area contributed by atoms with E-state index in [9.17, 15) is 39.2 Å². The number of halogens is 7. The van der Waals surface area contributed by atoms with E-state index in [4.69, 9.17) is 16.6 Å². The molecule has 3 heterocycles. The summed E-state index contributed by atoms with van der Waals surface area (Å²) in [5.41, 5.74) is -1.03. The summed E-state index contributed by atoms with van der Waals surface area (Å²) in [5, 5.41) is 10.7. The summed E-state index contributed by atoms with van der Waals surface area (Å²) in [6.07, 6.45) is -1.71. The van der Waals surface area contributed by atoms with Gasteiger partial charge in [0.05, 0.1) is 37.7 Å². The summed E-state index contributed by atoms with van der Waals surface area (Å²) in [5.74, 6) is -2.89. The maximum atomic E-state index is 15.5. The van der Waals surface area contributed by atoms with Crippen molar-refractivity contribution in [2.24, 2.45) is 13.0 Å². The molecule has 0 bridgehead atoms. The first-order valence-electron chi connectivity index (χ1n) is 20.4. The van der Waals surface area contributed by atoms with E-state index in [-0.39, 0.29) is 57.1 Å². The minimum absolute atomic E-state index is 0.00261. The van der Waals surface area contributed by atoms with Gasteiger partial charge in [-0.2, -0.15) is 19.0 Å². The maximum Gasteiger partial charge on any atom is 0.293 e. The van der Waals surface area contributed by atoms with Crippen molar-refractivity contribution in [3.63, 3.8) is 0 Å². The highest BCUT2D eigenvalue weighted by molar-refractivity contribution is 7.94. The summed E-state index contributed by atoms with van der Waals surface area (Å²) >= 11 is 6.74. The predicted octanol–water partition coefficient (Wildman–Crippen LogP) is 8.01. The van der Waals surface area contributed by atoms with Crippen molar-refractivity contribution in [3.05, 3.63) is 93.0 Å². The first-order chi connectivity index (χ1) is 29.9. The first kappa shape index (κ1) is 44.1. The number of hydrogen-bond donors (Lipinski definition) is 2. The number of hydrogen-bond acceptors (Lipinski definition) is 8. The fourth-order valence-electron chi connectivity index (χ4n) is 8.61. The molecule has 3 atom stereocenters. The van der Waals surface area contributed by atoms with Crippen LogP contribution in [0.15, 0.2) is 42.5 Å². The third kappa shape index (κ3) is 7.50. The van der Waals surface area contributed by atoms with Crippen LogP contribution in [0.5, 0.6) is 0 Å². The molecule has 4 aliphatic rings.